The molecule has 1 atom stereocenters. The Morgan fingerprint density at radius 1 is 1.31 bits per heavy atom. The number of hydrogen-bond acceptors (Lipinski definition) is 6. The maximum atomic E-state index is 12.7. The largest absolute Gasteiger partial charge is 0.366 e. The summed E-state index contributed by atoms with van der Waals surface area (Å²) in [5.74, 6) is 0.680. The van der Waals surface area contributed by atoms with Gasteiger partial charge in [-0.05, 0) is 37.1 Å². The van der Waals surface area contributed by atoms with Crippen LogP contribution in [0.5, 0.6) is 0 Å². The third kappa shape index (κ3) is 4.37. The maximum Gasteiger partial charge on any atom is 0.255 e. The van der Waals surface area contributed by atoms with E-state index in [1.807, 2.05) is 19.1 Å². The molecular formula is C18H22N4O3S. The van der Waals surface area contributed by atoms with Crippen LogP contribution in [-0.2, 0) is 16.4 Å². The minimum atomic E-state index is -3.03. The van der Waals surface area contributed by atoms with E-state index in [4.69, 9.17) is 0 Å². The van der Waals surface area contributed by atoms with Gasteiger partial charge in [0.1, 0.15) is 5.82 Å². The number of carbonyl (C=O) groups excluding carboxylic acids is 1. The van der Waals surface area contributed by atoms with Crippen LogP contribution >= 0.6 is 0 Å². The summed E-state index contributed by atoms with van der Waals surface area (Å²) in [5, 5.41) is 3.18. The minimum absolute atomic E-state index is 0.0464. The lowest BCUT2D eigenvalue weighted by Crippen LogP contribution is -2.41. The van der Waals surface area contributed by atoms with Crippen molar-refractivity contribution in [2.45, 2.75) is 25.9 Å². The summed E-state index contributed by atoms with van der Waals surface area (Å²) in [5.41, 5.74) is 1.50. The lowest BCUT2D eigenvalue weighted by Gasteiger charge is -2.26. The Balaban J connectivity index is 1.64. The summed E-state index contributed by atoms with van der Waals surface area (Å²) in [6, 6.07) is 7.05. The summed E-state index contributed by atoms with van der Waals surface area (Å²) in [4.78, 5) is 22.7. The first-order valence-electron chi connectivity index (χ1n) is 8.59. The van der Waals surface area contributed by atoms with Crippen molar-refractivity contribution in [1.82, 2.24) is 14.9 Å². The summed E-state index contributed by atoms with van der Waals surface area (Å²) in [7, 11) is -3.03. The Kier molecular flexibility index (Phi) is 5.51. The molecule has 0 bridgehead atoms. The van der Waals surface area contributed by atoms with Gasteiger partial charge in [0.05, 0.1) is 17.1 Å². The molecule has 1 unspecified atom stereocenters. The summed E-state index contributed by atoms with van der Waals surface area (Å²) in [6.45, 7) is 2.93. The van der Waals surface area contributed by atoms with Crippen molar-refractivity contribution in [3.05, 3.63) is 54.0 Å². The van der Waals surface area contributed by atoms with Gasteiger partial charge in [0.2, 0.25) is 0 Å². The van der Waals surface area contributed by atoms with Gasteiger partial charge in [-0.15, -0.1) is 0 Å². The van der Waals surface area contributed by atoms with E-state index in [9.17, 15) is 13.2 Å². The molecule has 0 aliphatic carbocycles. The number of carbonyl (C=O) groups is 1. The van der Waals surface area contributed by atoms with Gasteiger partial charge in [-0.2, -0.15) is 0 Å². The average molecular weight is 374 g/mol. The fourth-order valence-electron chi connectivity index (χ4n) is 3.07. The molecule has 0 spiro atoms. The van der Waals surface area contributed by atoms with Crippen LogP contribution in [0.15, 0.2) is 42.9 Å². The first-order valence-corrected chi connectivity index (χ1v) is 10.4. The van der Waals surface area contributed by atoms with Crippen LogP contribution in [0, 0.1) is 0 Å². The van der Waals surface area contributed by atoms with Crippen molar-refractivity contribution in [1.29, 1.82) is 0 Å². The zero-order valence-electron chi connectivity index (χ0n) is 14.6. The molecule has 1 N–H and O–H groups in total. The summed E-state index contributed by atoms with van der Waals surface area (Å²) < 4.78 is 23.4. The first-order chi connectivity index (χ1) is 12.5. The standard InChI is InChI=1S/C18H22N4O3S/c1-2-22(16-7-9-26(24,25)13-16)18(23)15-5-6-17(21-12-15)20-11-14-4-3-8-19-10-14/h3-6,8,10,12,16H,2,7,9,11,13H2,1H3,(H,20,21). The second-order valence-electron chi connectivity index (χ2n) is 6.29. The molecule has 138 valence electrons. The van der Waals surface area contributed by atoms with Gasteiger partial charge in [-0.1, -0.05) is 6.07 Å². The van der Waals surface area contributed by atoms with E-state index < -0.39 is 9.84 Å². The third-order valence-electron chi connectivity index (χ3n) is 4.46. The summed E-state index contributed by atoms with van der Waals surface area (Å²) >= 11 is 0. The van der Waals surface area contributed by atoms with E-state index in [2.05, 4.69) is 15.3 Å². The highest BCUT2D eigenvalue weighted by atomic mass is 32.2. The van der Waals surface area contributed by atoms with Gasteiger partial charge >= 0.3 is 0 Å². The van der Waals surface area contributed by atoms with Crippen molar-refractivity contribution in [3.8, 4) is 0 Å². The smallest absolute Gasteiger partial charge is 0.255 e. The number of sulfone groups is 1. The molecule has 3 heterocycles. The zero-order valence-corrected chi connectivity index (χ0v) is 15.4. The molecule has 1 aliphatic heterocycles. The molecule has 1 aliphatic rings. The monoisotopic (exact) mass is 374 g/mol. The molecule has 3 rings (SSSR count). The van der Waals surface area contributed by atoms with Crippen molar-refractivity contribution >= 4 is 21.6 Å². The zero-order chi connectivity index (χ0) is 18.6. The van der Waals surface area contributed by atoms with Gasteiger partial charge in [0, 0.05) is 37.7 Å². The molecule has 26 heavy (non-hydrogen) atoms. The lowest BCUT2D eigenvalue weighted by atomic mass is 10.1. The molecule has 0 radical (unpaired) electrons. The molecule has 1 saturated heterocycles. The Labute approximate surface area is 153 Å². The van der Waals surface area contributed by atoms with Gasteiger partial charge in [0.25, 0.3) is 5.91 Å². The number of rotatable bonds is 6. The SMILES string of the molecule is CCN(C(=O)c1ccc(NCc2cccnc2)nc1)C1CCS(=O)(=O)C1. The molecule has 8 heteroatoms. The fraction of sp³-hybridized carbons (Fsp3) is 0.389. The Morgan fingerprint density at radius 2 is 2.15 bits per heavy atom. The Bertz CT molecular complexity index is 854. The van der Waals surface area contributed by atoms with Gasteiger partial charge < -0.3 is 10.2 Å². The highest BCUT2D eigenvalue weighted by Crippen LogP contribution is 2.20. The molecule has 1 fully saturated rings. The van der Waals surface area contributed by atoms with Crippen LogP contribution in [-0.4, -0.2) is 53.3 Å². The van der Waals surface area contributed by atoms with E-state index in [0.717, 1.165) is 5.56 Å². The van der Waals surface area contributed by atoms with Crippen LogP contribution in [0.3, 0.4) is 0 Å². The van der Waals surface area contributed by atoms with Crippen molar-refractivity contribution in [3.63, 3.8) is 0 Å². The number of pyridine rings is 2. The van der Waals surface area contributed by atoms with Crippen LogP contribution in [0.4, 0.5) is 5.82 Å². The van der Waals surface area contributed by atoms with Gasteiger partial charge in [-0.3, -0.25) is 9.78 Å². The summed E-state index contributed by atoms with van der Waals surface area (Å²) in [6.07, 6.45) is 5.52. The molecule has 1 amide bonds. The first kappa shape index (κ1) is 18.3. The maximum absolute atomic E-state index is 12.7. The van der Waals surface area contributed by atoms with Gasteiger partial charge in [0.15, 0.2) is 9.84 Å². The molecule has 7 nitrogen and oxygen atoms in total. The molecule has 2 aromatic heterocycles. The van der Waals surface area contributed by atoms with Gasteiger partial charge in [-0.25, -0.2) is 13.4 Å². The van der Waals surface area contributed by atoms with Crippen molar-refractivity contribution in [2.24, 2.45) is 0 Å². The predicted octanol–water partition coefficient (Wildman–Crippen LogP) is 1.74. The fourth-order valence-corrected chi connectivity index (χ4v) is 4.81. The number of nitrogens with one attached hydrogen (secondary N) is 1. The second kappa shape index (κ2) is 7.82. The van der Waals surface area contributed by atoms with E-state index in [1.165, 1.54) is 6.20 Å². The lowest BCUT2D eigenvalue weighted by molar-refractivity contribution is 0.0708. The van der Waals surface area contributed by atoms with Crippen LogP contribution < -0.4 is 5.32 Å². The third-order valence-corrected chi connectivity index (χ3v) is 6.21. The van der Waals surface area contributed by atoms with E-state index in [1.54, 1.807) is 29.4 Å². The van der Waals surface area contributed by atoms with Crippen LogP contribution in [0.1, 0.15) is 29.3 Å². The number of hydrogen-bond donors (Lipinski definition) is 1. The van der Waals surface area contributed by atoms with E-state index in [-0.39, 0.29) is 23.5 Å². The number of amides is 1. The minimum Gasteiger partial charge on any atom is -0.366 e. The van der Waals surface area contributed by atoms with Crippen LogP contribution in [0.2, 0.25) is 0 Å². The Morgan fingerprint density at radius 3 is 2.73 bits per heavy atom. The highest BCUT2D eigenvalue weighted by molar-refractivity contribution is 7.91. The molecule has 0 saturated carbocycles. The van der Waals surface area contributed by atoms with Crippen molar-refractivity contribution in [2.75, 3.05) is 23.4 Å². The normalized spacial score (nSPS) is 18.4. The Hall–Kier alpha value is -2.48. The van der Waals surface area contributed by atoms with E-state index in [0.29, 0.717) is 30.9 Å². The topological polar surface area (TPSA) is 92.3 Å². The van der Waals surface area contributed by atoms with Crippen molar-refractivity contribution < 1.29 is 13.2 Å². The highest BCUT2D eigenvalue weighted by Gasteiger charge is 2.34. The number of anilines is 1. The molecule has 2 aromatic rings. The quantitative estimate of drug-likeness (QED) is 0.828. The average Bonchev–Trinajstić information content (AvgIpc) is 3.01. The molecule has 0 aromatic carbocycles. The second-order valence-corrected chi connectivity index (χ2v) is 8.52. The number of nitrogens with zero attached hydrogens (tertiary/aromatic N) is 3. The van der Waals surface area contributed by atoms with E-state index >= 15 is 0 Å². The predicted molar refractivity (Wildman–Crippen MR) is 99.6 cm³/mol. The molecular weight excluding hydrogens is 352 g/mol. The van der Waals surface area contributed by atoms with Crippen LogP contribution in [0.25, 0.3) is 0 Å². The number of aromatic nitrogens is 2.